The van der Waals surface area contributed by atoms with Gasteiger partial charge in [-0.1, -0.05) is 13.8 Å². The number of rotatable bonds is 6. The van der Waals surface area contributed by atoms with Crippen LogP contribution in [0.3, 0.4) is 0 Å². The Labute approximate surface area is 152 Å². The van der Waals surface area contributed by atoms with Gasteiger partial charge in [0.05, 0.1) is 11.0 Å². The van der Waals surface area contributed by atoms with Gasteiger partial charge >= 0.3 is 0 Å². The zero-order valence-electron chi connectivity index (χ0n) is 15.4. The molecular weight excluding hydrogens is 336 g/mol. The Morgan fingerprint density at radius 1 is 1.04 bits per heavy atom. The third-order valence-corrected chi connectivity index (χ3v) is 6.93. The molecule has 0 aromatic heterocycles. The standard InChI is InChI=1S/C19H30N2O3S/c1-16(2)15-20-11-13-21(14-12-20)25(22,23)19-9-7-18(8-10-19)24-17-5-3-4-6-17/h7-10,16-17H,3-6,11-15H2,1-2H3. The van der Waals surface area contributed by atoms with E-state index in [1.165, 1.54) is 12.8 Å². The quantitative estimate of drug-likeness (QED) is 0.777. The van der Waals surface area contributed by atoms with Gasteiger partial charge in [-0.3, -0.25) is 0 Å². The van der Waals surface area contributed by atoms with E-state index in [4.69, 9.17) is 4.74 Å². The van der Waals surface area contributed by atoms with Crippen LogP contribution in [0.1, 0.15) is 39.5 Å². The Balaban J connectivity index is 1.60. The molecule has 6 heteroatoms. The minimum absolute atomic E-state index is 0.288. The Morgan fingerprint density at radius 3 is 2.20 bits per heavy atom. The molecule has 5 nitrogen and oxygen atoms in total. The Morgan fingerprint density at radius 2 is 1.64 bits per heavy atom. The summed E-state index contributed by atoms with van der Waals surface area (Å²) in [4.78, 5) is 2.71. The molecule has 3 rings (SSSR count). The normalized spacial score (nSPS) is 21.1. The van der Waals surface area contributed by atoms with Crippen LogP contribution >= 0.6 is 0 Å². The average molecular weight is 367 g/mol. The smallest absolute Gasteiger partial charge is 0.243 e. The first-order valence-corrected chi connectivity index (χ1v) is 10.9. The van der Waals surface area contributed by atoms with E-state index in [1.54, 1.807) is 28.6 Å². The van der Waals surface area contributed by atoms with E-state index in [1.807, 2.05) is 0 Å². The van der Waals surface area contributed by atoms with E-state index in [-0.39, 0.29) is 6.10 Å². The average Bonchev–Trinajstić information content (AvgIpc) is 3.08. The second-order valence-corrected chi connectivity index (χ2v) is 9.53. The number of benzene rings is 1. The number of piperazine rings is 1. The molecule has 0 amide bonds. The number of sulfonamides is 1. The fourth-order valence-electron chi connectivity index (χ4n) is 3.71. The van der Waals surface area contributed by atoms with E-state index in [0.717, 1.165) is 38.2 Å². The molecule has 1 aliphatic carbocycles. The number of hydrogen-bond donors (Lipinski definition) is 0. The van der Waals surface area contributed by atoms with Gasteiger partial charge in [0.1, 0.15) is 5.75 Å². The summed E-state index contributed by atoms with van der Waals surface area (Å²) in [6, 6.07) is 6.95. The van der Waals surface area contributed by atoms with Gasteiger partial charge in [-0.15, -0.1) is 0 Å². The summed E-state index contributed by atoms with van der Waals surface area (Å²) < 4.78 is 33.2. The molecule has 0 N–H and O–H groups in total. The van der Waals surface area contributed by atoms with Crippen LogP contribution in [0.25, 0.3) is 0 Å². The van der Waals surface area contributed by atoms with Crippen LogP contribution in [0.2, 0.25) is 0 Å². The molecule has 25 heavy (non-hydrogen) atoms. The molecule has 0 spiro atoms. The Kier molecular flexibility index (Phi) is 6.02. The third-order valence-electron chi connectivity index (χ3n) is 5.02. The highest BCUT2D eigenvalue weighted by atomic mass is 32.2. The van der Waals surface area contributed by atoms with Crippen LogP contribution in [0, 0.1) is 5.92 Å². The van der Waals surface area contributed by atoms with Crippen molar-refractivity contribution in [3.63, 3.8) is 0 Å². The summed E-state index contributed by atoms with van der Waals surface area (Å²) in [6.45, 7) is 8.16. The monoisotopic (exact) mass is 366 g/mol. The lowest BCUT2D eigenvalue weighted by Crippen LogP contribution is -2.49. The van der Waals surface area contributed by atoms with Crippen molar-refractivity contribution in [1.82, 2.24) is 9.21 Å². The lowest BCUT2D eigenvalue weighted by Gasteiger charge is -2.34. The summed E-state index contributed by atoms with van der Waals surface area (Å²) in [5, 5.41) is 0. The van der Waals surface area contributed by atoms with Crippen molar-refractivity contribution < 1.29 is 13.2 Å². The maximum absolute atomic E-state index is 12.8. The topological polar surface area (TPSA) is 49.9 Å². The second kappa shape index (κ2) is 8.06. The molecule has 140 valence electrons. The van der Waals surface area contributed by atoms with E-state index < -0.39 is 10.0 Å². The van der Waals surface area contributed by atoms with Crippen molar-refractivity contribution in [3.8, 4) is 5.75 Å². The highest BCUT2D eigenvalue weighted by molar-refractivity contribution is 7.89. The fourth-order valence-corrected chi connectivity index (χ4v) is 5.13. The molecule has 1 aromatic rings. The maximum Gasteiger partial charge on any atom is 0.243 e. The van der Waals surface area contributed by atoms with Crippen LogP contribution in [0.4, 0.5) is 0 Å². The molecular formula is C19H30N2O3S. The van der Waals surface area contributed by atoms with Crippen molar-refractivity contribution in [3.05, 3.63) is 24.3 Å². The van der Waals surface area contributed by atoms with Gasteiger partial charge in [0.2, 0.25) is 10.0 Å². The van der Waals surface area contributed by atoms with Gasteiger partial charge in [-0.05, 0) is 55.9 Å². The van der Waals surface area contributed by atoms with E-state index in [0.29, 0.717) is 23.9 Å². The summed E-state index contributed by atoms with van der Waals surface area (Å²) >= 11 is 0. The SMILES string of the molecule is CC(C)CN1CCN(S(=O)(=O)c2ccc(OC3CCCC3)cc2)CC1. The van der Waals surface area contributed by atoms with Crippen molar-refractivity contribution in [2.45, 2.75) is 50.5 Å². The minimum Gasteiger partial charge on any atom is -0.490 e. The molecule has 0 bridgehead atoms. The summed E-state index contributed by atoms with van der Waals surface area (Å²) in [6.07, 6.45) is 4.93. The third kappa shape index (κ3) is 4.74. The van der Waals surface area contributed by atoms with E-state index in [2.05, 4.69) is 18.7 Å². The molecule has 1 aromatic carbocycles. The van der Waals surface area contributed by atoms with Gasteiger partial charge in [0.15, 0.2) is 0 Å². The zero-order valence-corrected chi connectivity index (χ0v) is 16.2. The van der Waals surface area contributed by atoms with E-state index in [9.17, 15) is 8.42 Å². The van der Waals surface area contributed by atoms with Crippen molar-refractivity contribution in [1.29, 1.82) is 0 Å². The van der Waals surface area contributed by atoms with Crippen molar-refractivity contribution in [2.75, 3.05) is 32.7 Å². The molecule has 0 radical (unpaired) electrons. The zero-order chi connectivity index (χ0) is 17.9. The molecule has 0 unspecified atom stereocenters. The minimum atomic E-state index is -3.41. The number of ether oxygens (including phenoxy) is 1. The second-order valence-electron chi connectivity index (χ2n) is 7.59. The van der Waals surface area contributed by atoms with Crippen LogP contribution in [-0.2, 0) is 10.0 Å². The van der Waals surface area contributed by atoms with Gasteiger partial charge in [-0.2, -0.15) is 4.31 Å². The first kappa shape index (κ1) is 18.7. The van der Waals surface area contributed by atoms with Gasteiger partial charge < -0.3 is 9.64 Å². The van der Waals surface area contributed by atoms with Crippen LogP contribution in [0.5, 0.6) is 5.75 Å². The van der Waals surface area contributed by atoms with Gasteiger partial charge in [-0.25, -0.2) is 8.42 Å². The fraction of sp³-hybridized carbons (Fsp3) is 0.684. The summed E-state index contributed by atoms with van der Waals surface area (Å²) in [5.74, 6) is 1.38. The molecule has 1 saturated heterocycles. The molecule has 1 saturated carbocycles. The number of hydrogen-bond acceptors (Lipinski definition) is 4. The lowest BCUT2D eigenvalue weighted by atomic mass is 10.2. The first-order chi connectivity index (χ1) is 11.9. The van der Waals surface area contributed by atoms with Crippen LogP contribution in [0.15, 0.2) is 29.2 Å². The number of nitrogens with zero attached hydrogens (tertiary/aromatic N) is 2. The van der Waals surface area contributed by atoms with Gasteiger partial charge in [0, 0.05) is 32.7 Å². The molecule has 2 fully saturated rings. The summed E-state index contributed by atoms with van der Waals surface area (Å²) in [7, 11) is -3.41. The van der Waals surface area contributed by atoms with Crippen LogP contribution in [-0.4, -0.2) is 56.5 Å². The molecule has 1 aliphatic heterocycles. The molecule has 2 aliphatic rings. The molecule has 0 atom stereocenters. The Bertz CT molecular complexity index is 644. The lowest BCUT2D eigenvalue weighted by molar-refractivity contribution is 0.172. The first-order valence-electron chi connectivity index (χ1n) is 9.44. The van der Waals surface area contributed by atoms with E-state index >= 15 is 0 Å². The Hall–Kier alpha value is -1.11. The predicted octanol–water partition coefficient (Wildman–Crippen LogP) is 2.97. The summed E-state index contributed by atoms with van der Waals surface area (Å²) in [5.41, 5.74) is 0. The molecule has 1 heterocycles. The van der Waals surface area contributed by atoms with Crippen LogP contribution < -0.4 is 4.74 Å². The highest BCUT2D eigenvalue weighted by Crippen LogP contribution is 2.26. The highest BCUT2D eigenvalue weighted by Gasteiger charge is 2.28. The van der Waals surface area contributed by atoms with Gasteiger partial charge in [0.25, 0.3) is 0 Å². The largest absolute Gasteiger partial charge is 0.490 e. The van der Waals surface area contributed by atoms with Crippen molar-refractivity contribution in [2.24, 2.45) is 5.92 Å². The van der Waals surface area contributed by atoms with Crippen molar-refractivity contribution >= 4 is 10.0 Å². The predicted molar refractivity (Wildman–Crippen MR) is 99.4 cm³/mol. The maximum atomic E-state index is 12.8.